The molecule has 0 aliphatic rings. The molecule has 1 amide bonds. The lowest BCUT2D eigenvalue weighted by molar-refractivity contribution is -0.118. The molecule has 22 heavy (non-hydrogen) atoms. The van der Waals surface area contributed by atoms with Gasteiger partial charge in [0.15, 0.2) is 6.61 Å². The number of anilines is 1. The van der Waals surface area contributed by atoms with Crippen molar-refractivity contribution >= 4 is 17.6 Å². The number of aryl methyl sites for hydroxylation is 1. The smallest absolute Gasteiger partial charge is 0.337 e. The van der Waals surface area contributed by atoms with E-state index in [4.69, 9.17) is 4.74 Å². The van der Waals surface area contributed by atoms with Crippen LogP contribution in [0, 0.1) is 6.92 Å². The Kier molecular flexibility index (Phi) is 5.14. The van der Waals surface area contributed by atoms with Gasteiger partial charge in [-0.3, -0.25) is 4.79 Å². The van der Waals surface area contributed by atoms with E-state index >= 15 is 0 Å². The zero-order valence-electron chi connectivity index (χ0n) is 12.5. The Bertz CT molecular complexity index is 665. The molecule has 0 radical (unpaired) electrons. The van der Waals surface area contributed by atoms with Crippen molar-refractivity contribution in [3.05, 3.63) is 59.7 Å². The molecule has 0 heterocycles. The van der Waals surface area contributed by atoms with Crippen LogP contribution in [0.5, 0.6) is 5.75 Å². The average Bonchev–Trinajstić information content (AvgIpc) is 2.54. The van der Waals surface area contributed by atoms with E-state index in [0.29, 0.717) is 17.0 Å². The Morgan fingerprint density at radius 3 is 2.50 bits per heavy atom. The summed E-state index contributed by atoms with van der Waals surface area (Å²) in [6.07, 6.45) is 0. The van der Waals surface area contributed by atoms with Crippen molar-refractivity contribution in [2.75, 3.05) is 19.0 Å². The van der Waals surface area contributed by atoms with Crippen LogP contribution in [0.25, 0.3) is 0 Å². The van der Waals surface area contributed by atoms with E-state index in [0.717, 1.165) is 5.56 Å². The van der Waals surface area contributed by atoms with Crippen LogP contribution in [-0.4, -0.2) is 25.6 Å². The standard InChI is InChI=1S/C17H17NO4/c1-12-6-8-14(9-7-12)18-16(19)11-22-15-5-3-4-13(10-15)17(20)21-2/h3-10H,11H2,1-2H3,(H,18,19). The molecule has 0 bridgehead atoms. The summed E-state index contributed by atoms with van der Waals surface area (Å²) >= 11 is 0. The fraction of sp³-hybridized carbons (Fsp3) is 0.176. The predicted octanol–water partition coefficient (Wildman–Crippen LogP) is 2.80. The van der Waals surface area contributed by atoms with Crippen LogP contribution in [0.15, 0.2) is 48.5 Å². The fourth-order valence-corrected chi connectivity index (χ4v) is 1.81. The third kappa shape index (κ3) is 4.34. The van der Waals surface area contributed by atoms with Crippen LogP contribution >= 0.6 is 0 Å². The molecule has 5 nitrogen and oxygen atoms in total. The number of hydrogen-bond donors (Lipinski definition) is 1. The van der Waals surface area contributed by atoms with Gasteiger partial charge in [0.2, 0.25) is 0 Å². The second kappa shape index (κ2) is 7.26. The number of ether oxygens (including phenoxy) is 2. The van der Waals surface area contributed by atoms with Gasteiger partial charge in [-0.1, -0.05) is 23.8 Å². The number of hydrogen-bond acceptors (Lipinski definition) is 4. The highest BCUT2D eigenvalue weighted by Gasteiger charge is 2.08. The zero-order chi connectivity index (χ0) is 15.9. The molecule has 0 atom stereocenters. The van der Waals surface area contributed by atoms with Crippen LogP contribution in [0.3, 0.4) is 0 Å². The molecule has 0 aromatic heterocycles. The molecule has 0 saturated carbocycles. The molecule has 0 spiro atoms. The topological polar surface area (TPSA) is 64.6 Å². The molecule has 0 aliphatic heterocycles. The first-order chi connectivity index (χ1) is 10.6. The first-order valence-electron chi connectivity index (χ1n) is 6.76. The fourth-order valence-electron chi connectivity index (χ4n) is 1.81. The summed E-state index contributed by atoms with van der Waals surface area (Å²) in [5.74, 6) is -0.288. The Morgan fingerprint density at radius 2 is 1.82 bits per heavy atom. The van der Waals surface area contributed by atoms with Gasteiger partial charge in [0.25, 0.3) is 5.91 Å². The molecule has 0 saturated heterocycles. The maximum atomic E-state index is 11.8. The van der Waals surface area contributed by atoms with Crippen molar-refractivity contribution in [3.63, 3.8) is 0 Å². The molecule has 0 fully saturated rings. The van der Waals surface area contributed by atoms with Gasteiger partial charge in [0.05, 0.1) is 12.7 Å². The monoisotopic (exact) mass is 299 g/mol. The van der Waals surface area contributed by atoms with Crippen LogP contribution in [-0.2, 0) is 9.53 Å². The highest BCUT2D eigenvalue weighted by atomic mass is 16.5. The van der Waals surface area contributed by atoms with E-state index in [1.165, 1.54) is 13.2 Å². The Balaban J connectivity index is 1.91. The van der Waals surface area contributed by atoms with E-state index < -0.39 is 5.97 Å². The van der Waals surface area contributed by atoms with Crippen LogP contribution in [0.2, 0.25) is 0 Å². The van der Waals surface area contributed by atoms with Gasteiger partial charge in [0.1, 0.15) is 5.75 Å². The first-order valence-corrected chi connectivity index (χ1v) is 6.76. The van der Waals surface area contributed by atoms with Crippen LogP contribution in [0.1, 0.15) is 15.9 Å². The van der Waals surface area contributed by atoms with Crippen LogP contribution in [0.4, 0.5) is 5.69 Å². The summed E-state index contributed by atoms with van der Waals surface area (Å²) in [7, 11) is 1.31. The van der Waals surface area contributed by atoms with E-state index in [-0.39, 0.29) is 12.5 Å². The van der Waals surface area contributed by atoms with Gasteiger partial charge in [-0.15, -0.1) is 0 Å². The number of carbonyl (C=O) groups is 2. The zero-order valence-corrected chi connectivity index (χ0v) is 12.5. The summed E-state index contributed by atoms with van der Waals surface area (Å²) < 4.78 is 10.0. The van der Waals surface area contributed by atoms with Gasteiger partial charge in [0, 0.05) is 5.69 Å². The van der Waals surface area contributed by atoms with Crippen molar-refractivity contribution in [2.45, 2.75) is 6.92 Å². The van der Waals surface area contributed by atoms with Crippen molar-refractivity contribution in [1.29, 1.82) is 0 Å². The summed E-state index contributed by atoms with van der Waals surface area (Å²) in [4.78, 5) is 23.2. The Morgan fingerprint density at radius 1 is 1.09 bits per heavy atom. The Labute approximate surface area is 128 Å². The number of esters is 1. The van der Waals surface area contributed by atoms with E-state index in [1.807, 2.05) is 31.2 Å². The Hall–Kier alpha value is -2.82. The average molecular weight is 299 g/mol. The second-order valence-corrected chi connectivity index (χ2v) is 4.72. The molecule has 1 N–H and O–H groups in total. The molecule has 114 valence electrons. The minimum atomic E-state index is -0.449. The second-order valence-electron chi connectivity index (χ2n) is 4.72. The van der Waals surface area contributed by atoms with Crippen molar-refractivity contribution in [1.82, 2.24) is 0 Å². The lowest BCUT2D eigenvalue weighted by Gasteiger charge is -2.08. The van der Waals surface area contributed by atoms with Gasteiger partial charge >= 0.3 is 5.97 Å². The van der Waals surface area contributed by atoms with Crippen LogP contribution < -0.4 is 10.1 Å². The molecular weight excluding hydrogens is 282 g/mol. The third-order valence-electron chi connectivity index (χ3n) is 2.96. The SMILES string of the molecule is COC(=O)c1cccc(OCC(=O)Nc2ccc(C)cc2)c1. The van der Waals surface area contributed by atoms with E-state index in [9.17, 15) is 9.59 Å². The maximum Gasteiger partial charge on any atom is 0.337 e. The van der Waals surface area contributed by atoms with Gasteiger partial charge in [-0.2, -0.15) is 0 Å². The molecule has 2 aromatic carbocycles. The number of amides is 1. The van der Waals surface area contributed by atoms with Gasteiger partial charge in [-0.25, -0.2) is 4.79 Å². The largest absolute Gasteiger partial charge is 0.484 e. The molecule has 5 heteroatoms. The van der Waals surface area contributed by atoms with Crippen molar-refractivity contribution < 1.29 is 19.1 Å². The lowest BCUT2D eigenvalue weighted by Crippen LogP contribution is -2.20. The quantitative estimate of drug-likeness (QED) is 0.862. The minimum absolute atomic E-state index is 0.140. The number of benzene rings is 2. The summed E-state index contributed by atoms with van der Waals surface area (Å²) in [5, 5.41) is 2.73. The normalized spacial score (nSPS) is 9.91. The summed E-state index contributed by atoms with van der Waals surface area (Å²) in [5.41, 5.74) is 2.20. The molecule has 0 unspecified atom stereocenters. The van der Waals surface area contributed by atoms with Crippen molar-refractivity contribution in [2.24, 2.45) is 0 Å². The van der Waals surface area contributed by atoms with Crippen molar-refractivity contribution in [3.8, 4) is 5.75 Å². The van der Waals surface area contributed by atoms with Gasteiger partial charge < -0.3 is 14.8 Å². The number of carbonyl (C=O) groups excluding carboxylic acids is 2. The number of nitrogens with one attached hydrogen (secondary N) is 1. The molecule has 2 rings (SSSR count). The molecule has 2 aromatic rings. The highest BCUT2D eigenvalue weighted by molar-refractivity contribution is 5.92. The lowest BCUT2D eigenvalue weighted by atomic mass is 10.2. The highest BCUT2D eigenvalue weighted by Crippen LogP contribution is 2.14. The van der Waals surface area contributed by atoms with E-state index in [1.54, 1.807) is 18.2 Å². The minimum Gasteiger partial charge on any atom is -0.484 e. The van der Waals surface area contributed by atoms with Gasteiger partial charge in [-0.05, 0) is 37.3 Å². The third-order valence-corrected chi connectivity index (χ3v) is 2.96. The molecular formula is C17H17NO4. The summed E-state index contributed by atoms with van der Waals surface area (Å²) in [6.45, 7) is 1.83. The predicted molar refractivity (Wildman–Crippen MR) is 83.1 cm³/mol. The first kappa shape index (κ1) is 15.6. The maximum absolute atomic E-state index is 11.8. The number of methoxy groups -OCH3 is 1. The van der Waals surface area contributed by atoms with E-state index in [2.05, 4.69) is 10.1 Å². The number of rotatable bonds is 5. The molecule has 0 aliphatic carbocycles. The summed E-state index contributed by atoms with van der Waals surface area (Å²) in [6, 6.07) is 14.0.